The molecule has 1 aliphatic carbocycles. The summed E-state index contributed by atoms with van der Waals surface area (Å²) in [6.07, 6.45) is 8.53. The molecule has 2 aromatic rings. The minimum absolute atomic E-state index is 0.101. The third-order valence-electron chi connectivity index (χ3n) is 4.73. The molecule has 1 aliphatic rings. The van der Waals surface area contributed by atoms with Crippen molar-refractivity contribution in [2.75, 3.05) is 11.5 Å². The van der Waals surface area contributed by atoms with Crippen molar-refractivity contribution in [2.45, 2.75) is 57.7 Å². The molecule has 0 saturated heterocycles. The number of anilines is 1. The Kier molecular flexibility index (Phi) is 5.63. The minimum atomic E-state index is 0.101. The number of nitrogens with two attached hydrogens (primary N) is 1. The summed E-state index contributed by atoms with van der Waals surface area (Å²) in [4.78, 5) is 16.6. The summed E-state index contributed by atoms with van der Waals surface area (Å²) >= 11 is 1.30. The molecule has 0 saturated carbocycles. The van der Waals surface area contributed by atoms with E-state index < -0.39 is 0 Å². The predicted octanol–water partition coefficient (Wildman–Crippen LogP) is 3.67. The molecule has 2 aromatic heterocycles. The van der Waals surface area contributed by atoms with Gasteiger partial charge >= 0.3 is 0 Å². The zero-order valence-corrected chi connectivity index (χ0v) is 15.7. The van der Waals surface area contributed by atoms with E-state index in [4.69, 9.17) is 5.73 Å². The molecule has 0 radical (unpaired) electrons. The van der Waals surface area contributed by atoms with Gasteiger partial charge in [-0.3, -0.25) is 4.79 Å². The molecular formula is C18H25N5OS. The quantitative estimate of drug-likeness (QED) is 0.447. The summed E-state index contributed by atoms with van der Waals surface area (Å²) in [5.74, 6) is 0.682. The fourth-order valence-corrected chi connectivity index (χ4v) is 4.03. The van der Waals surface area contributed by atoms with Crippen molar-refractivity contribution < 1.29 is 4.79 Å². The first-order valence-corrected chi connectivity index (χ1v) is 9.71. The molecule has 6 nitrogen and oxygen atoms in total. The first kappa shape index (κ1) is 17.8. The van der Waals surface area contributed by atoms with Gasteiger partial charge in [0.15, 0.2) is 5.78 Å². The SMILES string of the molecule is Cc1cc(C(=O)CSc2n[nH]c(N)n2)c(C)n1CCC1=CCCCC1. The number of allylic oxidation sites excluding steroid dienone is 2. The fourth-order valence-electron chi connectivity index (χ4n) is 3.35. The molecular weight excluding hydrogens is 334 g/mol. The molecule has 3 N–H and O–H groups in total. The molecule has 0 unspecified atom stereocenters. The van der Waals surface area contributed by atoms with Crippen molar-refractivity contribution >= 4 is 23.5 Å². The van der Waals surface area contributed by atoms with E-state index in [1.165, 1.54) is 37.4 Å². The normalized spacial score (nSPS) is 14.6. The third-order valence-corrected chi connectivity index (χ3v) is 5.58. The average molecular weight is 359 g/mol. The van der Waals surface area contributed by atoms with Crippen molar-refractivity contribution in [3.8, 4) is 0 Å². The van der Waals surface area contributed by atoms with Gasteiger partial charge in [-0.1, -0.05) is 23.4 Å². The average Bonchev–Trinajstić information content (AvgIpc) is 3.15. The minimum Gasteiger partial charge on any atom is -0.368 e. The van der Waals surface area contributed by atoms with Gasteiger partial charge in [0.1, 0.15) is 0 Å². The Balaban J connectivity index is 1.63. The van der Waals surface area contributed by atoms with Gasteiger partial charge in [0, 0.05) is 23.5 Å². The maximum Gasteiger partial charge on any atom is 0.216 e. The van der Waals surface area contributed by atoms with Crippen LogP contribution in [0.1, 0.15) is 53.8 Å². The number of carbonyl (C=O) groups excluding carboxylic acids is 1. The molecule has 3 rings (SSSR count). The van der Waals surface area contributed by atoms with Gasteiger partial charge in [-0.2, -0.15) is 4.98 Å². The lowest BCUT2D eigenvalue weighted by Crippen LogP contribution is -2.08. The second-order valence-electron chi connectivity index (χ2n) is 6.51. The summed E-state index contributed by atoms with van der Waals surface area (Å²) in [7, 11) is 0. The second-order valence-corrected chi connectivity index (χ2v) is 7.45. The lowest BCUT2D eigenvalue weighted by atomic mass is 9.97. The number of hydrogen-bond donors (Lipinski definition) is 2. The van der Waals surface area contributed by atoms with Gasteiger partial charge in [0.25, 0.3) is 0 Å². The number of ketones is 1. The van der Waals surface area contributed by atoms with Crippen LogP contribution in [0.4, 0.5) is 5.95 Å². The van der Waals surface area contributed by atoms with Gasteiger partial charge < -0.3 is 10.3 Å². The highest BCUT2D eigenvalue weighted by molar-refractivity contribution is 7.99. The highest BCUT2D eigenvalue weighted by Gasteiger charge is 2.17. The molecule has 0 aromatic carbocycles. The molecule has 0 spiro atoms. The summed E-state index contributed by atoms with van der Waals surface area (Å²) in [6.45, 7) is 5.05. The van der Waals surface area contributed by atoms with Crippen LogP contribution in [0.15, 0.2) is 22.9 Å². The van der Waals surface area contributed by atoms with Crippen molar-refractivity contribution in [3.05, 3.63) is 34.7 Å². The first-order valence-electron chi connectivity index (χ1n) is 8.73. The van der Waals surface area contributed by atoms with E-state index in [9.17, 15) is 4.79 Å². The maximum atomic E-state index is 12.6. The first-order chi connectivity index (χ1) is 12.0. The van der Waals surface area contributed by atoms with Crippen LogP contribution in [0.3, 0.4) is 0 Å². The van der Waals surface area contributed by atoms with Gasteiger partial charge in [0.05, 0.1) is 5.75 Å². The summed E-state index contributed by atoms with van der Waals surface area (Å²) in [6, 6.07) is 2.00. The topological polar surface area (TPSA) is 89.6 Å². The maximum absolute atomic E-state index is 12.6. The molecule has 25 heavy (non-hydrogen) atoms. The smallest absolute Gasteiger partial charge is 0.216 e. The largest absolute Gasteiger partial charge is 0.368 e. The second kappa shape index (κ2) is 7.91. The van der Waals surface area contributed by atoms with E-state index in [2.05, 4.69) is 32.7 Å². The number of Topliss-reactive ketones (excluding diaryl/α,β-unsaturated/α-hetero) is 1. The van der Waals surface area contributed by atoms with Crippen LogP contribution >= 0.6 is 11.8 Å². The van der Waals surface area contributed by atoms with E-state index in [0.29, 0.717) is 10.9 Å². The molecule has 134 valence electrons. The summed E-state index contributed by atoms with van der Waals surface area (Å²) in [5.41, 5.74) is 10.1. The standard InChI is InChI=1S/C18H25N5OS/c1-12-10-15(16(24)11-25-18-20-17(19)21-22-18)13(2)23(12)9-8-14-6-4-3-5-7-14/h6,10H,3-5,7-9,11H2,1-2H3,(H3,19,20,21,22). The Morgan fingerprint density at radius 1 is 1.40 bits per heavy atom. The number of nitrogens with one attached hydrogen (secondary N) is 1. The van der Waals surface area contributed by atoms with Crippen molar-refractivity contribution in [3.63, 3.8) is 0 Å². The van der Waals surface area contributed by atoms with Gasteiger partial charge in [-0.05, 0) is 52.0 Å². The number of nitrogen functional groups attached to an aromatic ring is 1. The lowest BCUT2D eigenvalue weighted by Gasteiger charge is -2.15. The molecule has 0 fully saturated rings. The molecule has 0 aliphatic heterocycles. The van der Waals surface area contributed by atoms with Gasteiger partial charge in [-0.25, -0.2) is 5.10 Å². The van der Waals surface area contributed by atoms with Crippen molar-refractivity contribution in [2.24, 2.45) is 0 Å². The highest BCUT2D eigenvalue weighted by atomic mass is 32.2. The number of carbonyl (C=O) groups is 1. The number of aryl methyl sites for hydroxylation is 1. The van der Waals surface area contributed by atoms with E-state index >= 15 is 0 Å². The Bertz CT molecular complexity index is 789. The van der Waals surface area contributed by atoms with Crippen LogP contribution < -0.4 is 5.73 Å². The van der Waals surface area contributed by atoms with Crippen LogP contribution in [-0.4, -0.2) is 31.3 Å². The Morgan fingerprint density at radius 3 is 2.92 bits per heavy atom. The number of thioether (sulfide) groups is 1. The molecule has 2 heterocycles. The zero-order chi connectivity index (χ0) is 17.8. The van der Waals surface area contributed by atoms with Crippen molar-refractivity contribution in [1.29, 1.82) is 0 Å². The molecule has 0 amide bonds. The van der Waals surface area contributed by atoms with E-state index in [1.54, 1.807) is 5.57 Å². The Morgan fingerprint density at radius 2 is 2.24 bits per heavy atom. The monoisotopic (exact) mass is 359 g/mol. The third kappa shape index (κ3) is 4.34. The number of rotatable bonds is 7. The Hall–Kier alpha value is -2.02. The molecule has 0 bridgehead atoms. The number of H-pyrrole nitrogens is 1. The van der Waals surface area contributed by atoms with Gasteiger partial charge in [-0.15, -0.1) is 5.10 Å². The highest BCUT2D eigenvalue weighted by Crippen LogP contribution is 2.24. The summed E-state index contributed by atoms with van der Waals surface area (Å²) < 4.78 is 2.26. The number of aromatic amines is 1. The van der Waals surface area contributed by atoms with Crippen LogP contribution in [0.25, 0.3) is 0 Å². The summed E-state index contributed by atoms with van der Waals surface area (Å²) in [5, 5.41) is 7.03. The van der Waals surface area contributed by atoms with E-state index in [-0.39, 0.29) is 11.7 Å². The van der Waals surface area contributed by atoms with Crippen molar-refractivity contribution in [1.82, 2.24) is 19.7 Å². The fraction of sp³-hybridized carbons (Fsp3) is 0.500. The van der Waals surface area contributed by atoms with Crippen LogP contribution in [0.2, 0.25) is 0 Å². The lowest BCUT2D eigenvalue weighted by molar-refractivity contribution is 0.102. The molecule has 7 heteroatoms. The number of hydrogen-bond acceptors (Lipinski definition) is 5. The predicted molar refractivity (Wildman–Crippen MR) is 101 cm³/mol. The molecule has 0 atom stereocenters. The number of aromatic nitrogens is 4. The van der Waals surface area contributed by atoms with Gasteiger partial charge in [0.2, 0.25) is 11.1 Å². The Labute approximate surface area is 152 Å². The van der Waals surface area contributed by atoms with Crippen LogP contribution in [-0.2, 0) is 6.54 Å². The van der Waals surface area contributed by atoms with E-state index in [0.717, 1.165) is 29.9 Å². The van der Waals surface area contributed by atoms with Crippen LogP contribution in [0, 0.1) is 13.8 Å². The zero-order valence-electron chi connectivity index (χ0n) is 14.8. The van der Waals surface area contributed by atoms with E-state index in [1.807, 2.05) is 13.0 Å². The van der Waals surface area contributed by atoms with Crippen LogP contribution in [0.5, 0.6) is 0 Å². The number of nitrogens with zero attached hydrogens (tertiary/aromatic N) is 3.